The van der Waals surface area contributed by atoms with Crippen LogP contribution < -0.4 is 0 Å². The third-order valence-corrected chi connectivity index (χ3v) is 3.15. The molecule has 0 atom stereocenters. The number of aryl methyl sites for hydroxylation is 2. The van der Waals surface area contributed by atoms with Crippen LogP contribution in [0.3, 0.4) is 0 Å². The van der Waals surface area contributed by atoms with E-state index in [2.05, 4.69) is 56.3 Å². The summed E-state index contributed by atoms with van der Waals surface area (Å²) >= 11 is 0. The molecule has 0 saturated carbocycles. The summed E-state index contributed by atoms with van der Waals surface area (Å²) in [6, 6.07) is 15.1. The van der Waals surface area contributed by atoms with E-state index in [1.165, 1.54) is 29.9 Å². The molecule has 70 valence electrons. The van der Waals surface area contributed by atoms with Gasteiger partial charge in [-0.25, -0.2) is 0 Å². The molecule has 0 radical (unpaired) electrons. The van der Waals surface area contributed by atoms with E-state index < -0.39 is 0 Å². The van der Waals surface area contributed by atoms with Crippen LogP contribution in [0.15, 0.2) is 42.5 Å². The fourth-order valence-corrected chi connectivity index (χ4v) is 2.60. The lowest BCUT2D eigenvalue weighted by atomic mass is 10.1. The number of hydrogen-bond donors (Lipinski definition) is 0. The lowest BCUT2D eigenvalue weighted by molar-refractivity contribution is 1.53. The molecule has 0 aliphatic carbocycles. The van der Waals surface area contributed by atoms with Crippen molar-refractivity contribution in [2.24, 2.45) is 0 Å². The van der Waals surface area contributed by atoms with Gasteiger partial charge in [0.2, 0.25) is 0 Å². The van der Waals surface area contributed by atoms with Crippen LogP contribution in [-0.4, -0.2) is 0 Å². The summed E-state index contributed by atoms with van der Waals surface area (Å²) in [6.07, 6.45) is 0. The first-order chi connectivity index (χ1) is 6.75. The highest BCUT2D eigenvalue weighted by atomic mass is 31.0. The first-order valence-electron chi connectivity index (χ1n) is 4.76. The van der Waals surface area contributed by atoms with E-state index in [4.69, 9.17) is 0 Å². The molecule has 0 unspecified atom stereocenters. The molecule has 0 saturated heterocycles. The summed E-state index contributed by atoms with van der Waals surface area (Å²) in [5, 5.41) is 2.84. The van der Waals surface area contributed by atoms with E-state index in [1.807, 2.05) is 0 Å². The van der Waals surface area contributed by atoms with E-state index >= 15 is 0 Å². The number of benzene rings is 1. The SMILES string of the molecule is Cc1cc(-c2ccccc2)cc(C)p1. The molecule has 0 bridgehead atoms. The second-order valence-electron chi connectivity index (χ2n) is 3.50. The van der Waals surface area contributed by atoms with Crippen LogP contribution >= 0.6 is 8.19 Å². The Bertz CT molecular complexity index is 412. The standard InChI is InChI=1S/C13H13P/c1-10-8-13(9-11(2)14-10)12-6-4-3-5-7-12/h3-9H,1-2H3. The molecule has 14 heavy (non-hydrogen) atoms. The van der Waals surface area contributed by atoms with Gasteiger partial charge in [0.1, 0.15) is 0 Å². The van der Waals surface area contributed by atoms with Crippen molar-refractivity contribution < 1.29 is 0 Å². The Morgan fingerprint density at radius 2 is 1.36 bits per heavy atom. The van der Waals surface area contributed by atoms with Gasteiger partial charge in [-0.3, -0.25) is 0 Å². The minimum Gasteiger partial charge on any atom is -0.0699 e. The van der Waals surface area contributed by atoms with Crippen LogP contribution in [-0.2, 0) is 0 Å². The van der Waals surface area contributed by atoms with Crippen molar-refractivity contribution in [2.45, 2.75) is 13.8 Å². The smallest absolute Gasteiger partial charge is 0.0172 e. The molecule has 1 heteroatoms. The Balaban J connectivity index is 2.52. The Morgan fingerprint density at radius 3 is 1.93 bits per heavy atom. The molecule has 2 rings (SSSR count). The van der Waals surface area contributed by atoms with Gasteiger partial charge in [-0.05, 0) is 47.7 Å². The van der Waals surface area contributed by atoms with Crippen LogP contribution in [0.25, 0.3) is 11.1 Å². The van der Waals surface area contributed by atoms with E-state index in [0.29, 0.717) is 0 Å². The maximum absolute atomic E-state index is 2.27. The highest BCUT2D eigenvalue weighted by Crippen LogP contribution is 2.27. The average molecular weight is 200 g/mol. The first kappa shape index (κ1) is 9.43. The fraction of sp³-hybridized carbons (Fsp3) is 0.154. The van der Waals surface area contributed by atoms with E-state index in [9.17, 15) is 0 Å². The summed E-state index contributed by atoms with van der Waals surface area (Å²) in [5.74, 6) is 0. The molecule has 0 nitrogen and oxygen atoms in total. The maximum atomic E-state index is 2.27. The summed E-state index contributed by atoms with van der Waals surface area (Å²) in [5.41, 5.74) is 2.64. The van der Waals surface area contributed by atoms with Gasteiger partial charge < -0.3 is 0 Å². The first-order valence-corrected chi connectivity index (χ1v) is 5.66. The predicted octanol–water partition coefficient (Wildman–Crippen LogP) is 4.55. The van der Waals surface area contributed by atoms with Crippen molar-refractivity contribution >= 4 is 8.19 Å². The number of hydrogen-bond acceptors (Lipinski definition) is 0. The molecule has 0 fully saturated rings. The second kappa shape index (κ2) is 3.94. The second-order valence-corrected chi connectivity index (χ2v) is 5.14. The topological polar surface area (TPSA) is 0 Å². The summed E-state index contributed by atoms with van der Waals surface area (Å²) in [7, 11) is 1.36. The van der Waals surface area contributed by atoms with Crippen molar-refractivity contribution in [3.8, 4) is 11.1 Å². The Kier molecular flexibility index (Phi) is 2.65. The van der Waals surface area contributed by atoms with Crippen molar-refractivity contribution in [1.82, 2.24) is 0 Å². The lowest BCUT2D eigenvalue weighted by Crippen LogP contribution is -1.78. The van der Waals surface area contributed by atoms with Gasteiger partial charge in [0.05, 0.1) is 0 Å². The normalized spacial score (nSPS) is 10.1. The zero-order chi connectivity index (χ0) is 9.97. The molecule has 0 aliphatic heterocycles. The van der Waals surface area contributed by atoms with Crippen LogP contribution in [0.2, 0.25) is 0 Å². The Hall–Kier alpha value is -1.13. The Labute approximate surface area is 86.7 Å². The van der Waals surface area contributed by atoms with Crippen molar-refractivity contribution in [3.05, 3.63) is 53.1 Å². The van der Waals surface area contributed by atoms with Crippen LogP contribution in [0.4, 0.5) is 0 Å². The van der Waals surface area contributed by atoms with Gasteiger partial charge in [0.15, 0.2) is 0 Å². The summed E-state index contributed by atoms with van der Waals surface area (Å²) < 4.78 is 0. The minimum atomic E-state index is 1.31. The van der Waals surface area contributed by atoms with Crippen molar-refractivity contribution in [1.29, 1.82) is 0 Å². The van der Waals surface area contributed by atoms with E-state index in [0.717, 1.165) is 0 Å². The fourth-order valence-electron chi connectivity index (χ4n) is 1.63. The third kappa shape index (κ3) is 2.02. The molecule has 0 aliphatic rings. The molecular formula is C13H13P. The van der Waals surface area contributed by atoms with E-state index in [-0.39, 0.29) is 0 Å². The maximum Gasteiger partial charge on any atom is -0.0172 e. The lowest BCUT2D eigenvalue weighted by Gasteiger charge is -2.04. The third-order valence-electron chi connectivity index (χ3n) is 2.19. The number of rotatable bonds is 1. The van der Waals surface area contributed by atoms with Crippen LogP contribution in [0.1, 0.15) is 10.6 Å². The summed E-state index contributed by atoms with van der Waals surface area (Å²) in [4.78, 5) is 0. The molecule has 1 aromatic heterocycles. The largest absolute Gasteiger partial charge is 0.0699 e. The molecule has 1 aromatic carbocycles. The highest BCUT2D eigenvalue weighted by molar-refractivity contribution is 7.31. The van der Waals surface area contributed by atoms with Crippen molar-refractivity contribution in [2.75, 3.05) is 0 Å². The van der Waals surface area contributed by atoms with Gasteiger partial charge >= 0.3 is 0 Å². The zero-order valence-corrected chi connectivity index (χ0v) is 9.38. The summed E-state index contributed by atoms with van der Waals surface area (Å²) in [6.45, 7) is 4.36. The predicted molar refractivity (Wildman–Crippen MR) is 63.9 cm³/mol. The molecule has 0 N–H and O–H groups in total. The molecule has 2 aromatic rings. The van der Waals surface area contributed by atoms with Gasteiger partial charge in [-0.2, -0.15) is 0 Å². The van der Waals surface area contributed by atoms with Gasteiger partial charge in [-0.15, -0.1) is 0 Å². The van der Waals surface area contributed by atoms with Crippen LogP contribution in [0.5, 0.6) is 0 Å². The average Bonchev–Trinajstić information content (AvgIpc) is 2.18. The Morgan fingerprint density at radius 1 is 0.786 bits per heavy atom. The van der Waals surface area contributed by atoms with Crippen molar-refractivity contribution in [3.63, 3.8) is 0 Å². The molecule has 0 amide bonds. The zero-order valence-electron chi connectivity index (χ0n) is 8.49. The van der Waals surface area contributed by atoms with Gasteiger partial charge in [0, 0.05) is 0 Å². The minimum absolute atomic E-state index is 1.31. The quantitative estimate of drug-likeness (QED) is 0.633. The molecule has 0 spiro atoms. The molecule has 1 heterocycles. The van der Waals surface area contributed by atoms with Crippen LogP contribution in [0, 0.1) is 13.8 Å². The monoisotopic (exact) mass is 200 g/mol. The van der Waals surface area contributed by atoms with E-state index in [1.54, 1.807) is 0 Å². The van der Waals surface area contributed by atoms with Gasteiger partial charge in [0.25, 0.3) is 0 Å². The molecular weight excluding hydrogens is 187 g/mol. The highest BCUT2D eigenvalue weighted by Gasteiger charge is 1.98. The van der Waals surface area contributed by atoms with Gasteiger partial charge in [-0.1, -0.05) is 38.5 Å².